The second kappa shape index (κ2) is 7.24. The Bertz CT molecular complexity index is 688. The number of nitrogens with zero attached hydrogens (tertiary/aromatic N) is 3. The molecule has 0 unspecified atom stereocenters. The van der Waals surface area contributed by atoms with E-state index in [0.717, 1.165) is 18.7 Å². The monoisotopic (exact) mass is 337 g/mol. The zero-order valence-corrected chi connectivity index (χ0v) is 14.9. The van der Waals surface area contributed by atoms with E-state index in [2.05, 4.69) is 52.2 Å². The number of aromatic nitrogens is 1. The molecular weight excluding hydrogens is 310 g/mol. The third kappa shape index (κ3) is 3.22. The summed E-state index contributed by atoms with van der Waals surface area (Å²) in [7, 11) is 2.22. The Morgan fingerprint density at radius 2 is 1.88 bits per heavy atom. The summed E-state index contributed by atoms with van der Waals surface area (Å²) in [6, 6.07) is 13.7. The van der Waals surface area contributed by atoms with Gasteiger partial charge in [-0.1, -0.05) is 30.3 Å². The Morgan fingerprint density at radius 3 is 2.60 bits per heavy atom. The average Bonchev–Trinajstić information content (AvgIpc) is 2.64. The van der Waals surface area contributed by atoms with Gasteiger partial charge < -0.3 is 10.0 Å². The Labute approximate surface area is 150 Å². The molecule has 0 aliphatic carbocycles. The summed E-state index contributed by atoms with van der Waals surface area (Å²) in [4.78, 5) is 9.18. The Balaban J connectivity index is 1.57. The smallest absolute Gasteiger partial charge is 0.0593 e. The molecule has 2 fully saturated rings. The van der Waals surface area contributed by atoms with Gasteiger partial charge >= 0.3 is 0 Å². The van der Waals surface area contributed by atoms with Gasteiger partial charge in [-0.3, -0.25) is 9.88 Å². The molecule has 132 valence electrons. The number of aliphatic hydroxyl groups excluding tert-OH is 1. The Kier molecular flexibility index (Phi) is 4.84. The quantitative estimate of drug-likeness (QED) is 0.934. The van der Waals surface area contributed by atoms with E-state index >= 15 is 0 Å². The van der Waals surface area contributed by atoms with E-state index < -0.39 is 0 Å². The van der Waals surface area contributed by atoms with Crippen LogP contribution in [0.15, 0.2) is 48.8 Å². The summed E-state index contributed by atoms with van der Waals surface area (Å²) in [6.45, 7) is 3.63. The second-order valence-corrected chi connectivity index (χ2v) is 7.41. The minimum Gasteiger partial charge on any atom is -0.395 e. The maximum Gasteiger partial charge on any atom is 0.0593 e. The van der Waals surface area contributed by atoms with Crippen molar-refractivity contribution in [2.45, 2.75) is 30.8 Å². The molecule has 3 atom stereocenters. The highest BCUT2D eigenvalue weighted by atomic mass is 16.3. The summed E-state index contributed by atoms with van der Waals surface area (Å²) in [5.41, 5.74) is 3.69. The summed E-state index contributed by atoms with van der Waals surface area (Å²) in [5.74, 6) is 0.425. The average molecular weight is 337 g/mol. The first-order chi connectivity index (χ1) is 12.3. The molecule has 25 heavy (non-hydrogen) atoms. The fourth-order valence-corrected chi connectivity index (χ4v) is 4.54. The van der Waals surface area contributed by atoms with Crippen molar-refractivity contribution in [3.05, 3.63) is 54.4 Å². The highest BCUT2D eigenvalue weighted by Crippen LogP contribution is 2.42. The third-order valence-corrected chi connectivity index (χ3v) is 5.86. The van der Waals surface area contributed by atoms with Crippen LogP contribution in [0.5, 0.6) is 0 Å². The van der Waals surface area contributed by atoms with E-state index in [0.29, 0.717) is 12.0 Å². The maximum atomic E-state index is 9.95. The van der Waals surface area contributed by atoms with Crippen LogP contribution in [0, 0.1) is 0 Å². The predicted octanol–water partition coefficient (Wildman–Crippen LogP) is 2.60. The van der Waals surface area contributed by atoms with Gasteiger partial charge in [0.15, 0.2) is 0 Å². The molecule has 1 N–H and O–H groups in total. The fourth-order valence-electron chi connectivity index (χ4n) is 4.54. The van der Waals surface area contributed by atoms with Crippen molar-refractivity contribution in [3.8, 4) is 11.1 Å². The van der Waals surface area contributed by atoms with Gasteiger partial charge in [-0.05, 0) is 55.7 Å². The molecule has 1 aromatic heterocycles. The number of hydrogen-bond acceptors (Lipinski definition) is 4. The van der Waals surface area contributed by atoms with Crippen LogP contribution in [0.3, 0.4) is 0 Å². The number of rotatable bonds is 3. The van der Waals surface area contributed by atoms with Crippen LogP contribution in [0.2, 0.25) is 0 Å². The summed E-state index contributed by atoms with van der Waals surface area (Å²) in [6.07, 6.45) is 6.19. The van der Waals surface area contributed by atoms with Gasteiger partial charge in [-0.25, -0.2) is 0 Å². The molecule has 0 saturated carbocycles. The largest absolute Gasteiger partial charge is 0.395 e. The lowest BCUT2D eigenvalue weighted by Crippen LogP contribution is -2.67. The van der Waals surface area contributed by atoms with E-state index in [4.69, 9.17) is 0 Å². The van der Waals surface area contributed by atoms with Crippen LogP contribution in [0.25, 0.3) is 11.1 Å². The molecule has 2 saturated heterocycles. The summed E-state index contributed by atoms with van der Waals surface area (Å²) in [5, 5.41) is 9.95. The SMILES string of the molecule is CN1CCCCN2[C@@H](CO)[C@H](c3ccc(-c4cccnc4)cc3)[C@@H]2C1. The number of aliphatic hydroxyl groups is 1. The molecule has 4 heteroatoms. The predicted molar refractivity (Wildman–Crippen MR) is 101 cm³/mol. The highest BCUT2D eigenvalue weighted by molar-refractivity contribution is 5.62. The number of likely N-dealkylation sites (N-methyl/N-ethyl adjacent to an activating group) is 1. The van der Waals surface area contributed by atoms with Gasteiger partial charge in [-0.2, -0.15) is 0 Å². The van der Waals surface area contributed by atoms with Gasteiger partial charge in [0.25, 0.3) is 0 Å². The number of hydrogen-bond donors (Lipinski definition) is 1. The van der Waals surface area contributed by atoms with Crippen molar-refractivity contribution in [2.75, 3.05) is 33.3 Å². The van der Waals surface area contributed by atoms with Crippen LogP contribution in [0.4, 0.5) is 0 Å². The van der Waals surface area contributed by atoms with Crippen molar-refractivity contribution in [3.63, 3.8) is 0 Å². The topological polar surface area (TPSA) is 39.6 Å². The molecule has 0 radical (unpaired) electrons. The van der Waals surface area contributed by atoms with Gasteiger partial charge in [0.05, 0.1) is 6.61 Å². The first-order valence-corrected chi connectivity index (χ1v) is 9.33. The standard InChI is InChI=1S/C21H27N3O/c1-23-11-2-3-12-24-19(14-23)21(20(24)15-25)17-8-6-16(7-9-17)18-5-4-10-22-13-18/h4-10,13,19-21,25H,2-3,11-12,14-15H2,1H3/t19-,20-,21+/m0/s1. The lowest BCUT2D eigenvalue weighted by atomic mass is 9.74. The zero-order chi connectivity index (χ0) is 17.2. The second-order valence-electron chi connectivity index (χ2n) is 7.41. The molecule has 2 aromatic rings. The third-order valence-electron chi connectivity index (χ3n) is 5.86. The fraction of sp³-hybridized carbons (Fsp3) is 0.476. The van der Waals surface area contributed by atoms with Crippen LogP contribution in [-0.4, -0.2) is 65.3 Å². The van der Waals surface area contributed by atoms with Crippen molar-refractivity contribution < 1.29 is 5.11 Å². The van der Waals surface area contributed by atoms with E-state index in [1.54, 1.807) is 6.20 Å². The van der Waals surface area contributed by atoms with Gasteiger partial charge in [0.1, 0.15) is 0 Å². The van der Waals surface area contributed by atoms with E-state index in [9.17, 15) is 5.11 Å². The van der Waals surface area contributed by atoms with Crippen LogP contribution >= 0.6 is 0 Å². The molecule has 3 heterocycles. The molecule has 0 bridgehead atoms. The van der Waals surface area contributed by atoms with Gasteiger partial charge in [0, 0.05) is 36.9 Å². The van der Waals surface area contributed by atoms with Gasteiger partial charge in [-0.15, -0.1) is 0 Å². The molecule has 2 aliphatic heterocycles. The molecule has 4 rings (SSSR count). The van der Waals surface area contributed by atoms with E-state index in [1.165, 1.54) is 30.5 Å². The van der Waals surface area contributed by atoms with Crippen molar-refractivity contribution in [2.24, 2.45) is 0 Å². The molecule has 0 amide bonds. The molecule has 0 spiro atoms. The molecule has 2 aliphatic rings. The Morgan fingerprint density at radius 1 is 1.08 bits per heavy atom. The number of benzene rings is 1. The lowest BCUT2D eigenvalue weighted by Gasteiger charge is -2.57. The van der Waals surface area contributed by atoms with Crippen molar-refractivity contribution in [1.29, 1.82) is 0 Å². The minimum absolute atomic E-state index is 0.245. The summed E-state index contributed by atoms with van der Waals surface area (Å²) >= 11 is 0. The number of fused-ring (bicyclic) bond motifs is 1. The number of pyridine rings is 1. The maximum absolute atomic E-state index is 9.95. The lowest BCUT2D eigenvalue weighted by molar-refractivity contribution is -0.0614. The first kappa shape index (κ1) is 16.7. The molecule has 1 aromatic carbocycles. The summed E-state index contributed by atoms with van der Waals surface area (Å²) < 4.78 is 0. The highest BCUT2D eigenvalue weighted by Gasteiger charge is 2.48. The van der Waals surface area contributed by atoms with Gasteiger partial charge in [0.2, 0.25) is 0 Å². The first-order valence-electron chi connectivity index (χ1n) is 9.33. The van der Waals surface area contributed by atoms with Crippen LogP contribution < -0.4 is 0 Å². The zero-order valence-electron chi connectivity index (χ0n) is 14.9. The van der Waals surface area contributed by atoms with Crippen LogP contribution in [0.1, 0.15) is 24.3 Å². The normalized spacial score (nSPS) is 27.8. The Hall–Kier alpha value is -1.75. The molecule has 4 nitrogen and oxygen atoms in total. The minimum atomic E-state index is 0.245. The van der Waals surface area contributed by atoms with Crippen molar-refractivity contribution >= 4 is 0 Å². The van der Waals surface area contributed by atoms with E-state index in [1.807, 2.05) is 12.3 Å². The van der Waals surface area contributed by atoms with Crippen molar-refractivity contribution in [1.82, 2.24) is 14.8 Å². The van der Waals surface area contributed by atoms with E-state index in [-0.39, 0.29) is 12.6 Å². The molecular formula is C21H27N3O. The van der Waals surface area contributed by atoms with Crippen LogP contribution in [-0.2, 0) is 0 Å².